The Morgan fingerprint density at radius 1 is 0.365 bits per heavy atom. The van der Waals surface area contributed by atoms with Gasteiger partial charge in [-0.1, -0.05) is 156 Å². The third-order valence-electron chi connectivity index (χ3n) is 13.3. The molecule has 0 N–H and O–H groups in total. The number of aliphatic imine (C=N–C) groups is 4. The summed E-state index contributed by atoms with van der Waals surface area (Å²) in [6, 6.07) is 21.5. The van der Waals surface area contributed by atoms with Gasteiger partial charge in [0.05, 0.1) is 22.7 Å². The molecule has 0 aromatic heterocycles. The van der Waals surface area contributed by atoms with Crippen molar-refractivity contribution in [3.05, 3.63) is 140 Å². The molecule has 0 saturated heterocycles. The lowest BCUT2D eigenvalue weighted by Crippen LogP contribution is -2.48. The maximum absolute atomic E-state index is 15.1. The SMILES string of the molecule is Cc1cccc(C)c1N=C=C(C(=O)OCC(OC(=O)C(=C=Nc1c(C)cccc1C)C(=O)C(C)(C)C)C(OC(=O)C(=C=Nc1c(C)cccc1C)C(=O)C(C)(C)C)C(C)OC(=O)C(=C=Nc1c(C)cccc1C)C(=O)C(C)(C)C)C(=O)C(C)(C)C. The lowest BCUT2D eigenvalue weighted by atomic mass is 9.86. The van der Waals surface area contributed by atoms with Crippen LogP contribution in [0.1, 0.15) is 135 Å². The Morgan fingerprint density at radius 3 is 0.835 bits per heavy atom. The first-order valence-electron chi connectivity index (χ1n) is 27.9. The smallest absolute Gasteiger partial charge is 0.351 e. The maximum atomic E-state index is 15.1. The average Bonchev–Trinajstić information content (AvgIpc) is 3.32. The van der Waals surface area contributed by atoms with Crippen LogP contribution >= 0.6 is 0 Å². The number of nitrogens with zero attached hydrogens (tertiary/aromatic N) is 4. The number of rotatable bonds is 19. The maximum Gasteiger partial charge on any atom is 0.351 e. The van der Waals surface area contributed by atoms with Crippen LogP contribution in [0.4, 0.5) is 22.7 Å². The summed E-state index contributed by atoms with van der Waals surface area (Å²) in [5.41, 5.74) is -0.622. The molecule has 0 heterocycles. The van der Waals surface area contributed by atoms with Gasteiger partial charge in [0.15, 0.2) is 57.6 Å². The second kappa shape index (κ2) is 28.2. The van der Waals surface area contributed by atoms with E-state index in [1.807, 2.05) is 12.1 Å². The highest BCUT2D eigenvalue weighted by Crippen LogP contribution is 2.30. The summed E-state index contributed by atoms with van der Waals surface area (Å²) in [5, 5.41) is 0. The van der Waals surface area contributed by atoms with Crippen LogP contribution < -0.4 is 0 Å². The van der Waals surface area contributed by atoms with Crippen molar-refractivity contribution in [2.24, 2.45) is 41.6 Å². The fraction of sp³-hybridized carbons (Fsp3) is 0.420. The summed E-state index contributed by atoms with van der Waals surface area (Å²) in [6.07, 6.45) is -6.08. The van der Waals surface area contributed by atoms with Gasteiger partial charge in [-0.2, -0.15) is 0 Å². The average molecular weight is 1160 g/mol. The lowest BCUT2D eigenvalue weighted by molar-refractivity contribution is -0.185. The Hall–Kier alpha value is -8.76. The quantitative estimate of drug-likeness (QED) is 0.0214. The molecule has 448 valence electrons. The molecule has 0 aliphatic rings. The van der Waals surface area contributed by atoms with Gasteiger partial charge in [-0.15, -0.1) is 0 Å². The number of esters is 4. The van der Waals surface area contributed by atoms with Gasteiger partial charge in [-0.05, 0) is 107 Å². The number of aryl methyl sites for hydroxylation is 8. The first-order valence-corrected chi connectivity index (χ1v) is 27.9. The van der Waals surface area contributed by atoms with Crippen molar-refractivity contribution in [3.63, 3.8) is 0 Å². The van der Waals surface area contributed by atoms with Crippen LogP contribution in [0.25, 0.3) is 0 Å². The summed E-state index contributed by atoms with van der Waals surface area (Å²) in [4.78, 5) is 135. The largest absolute Gasteiger partial charge is 0.457 e. The summed E-state index contributed by atoms with van der Waals surface area (Å²) in [5.74, 6) is 1.85. The molecular weight excluding hydrogens is 1080 g/mol. The minimum Gasteiger partial charge on any atom is -0.457 e. The topological polar surface area (TPSA) is 223 Å². The van der Waals surface area contributed by atoms with E-state index in [4.69, 9.17) is 18.9 Å². The van der Waals surface area contributed by atoms with E-state index in [1.165, 1.54) is 6.92 Å². The van der Waals surface area contributed by atoms with Gasteiger partial charge in [-0.3, -0.25) is 19.2 Å². The fourth-order valence-corrected chi connectivity index (χ4v) is 8.21. The van der Waals surface area contributed by atoms with Crippen molar-refractivity contribution in [2.45, 2.75) is 164 Å². The molecule has 0 aliphatic heterocycles. The van der Waals surface area contributed by atoms with Crippen LogP contribution in [0.2, 0.25) is 0 Å². The molecule has 4 aromatic rings. The van der Waals surface area contributed by atoms with E-state index in [0.717, 1.165) is 0 Å². The van der Waals surface area contributed by atoms with Crippen molar-refractivity contribution < 1.29 is 57.3 Å². The Labute approximate surface area is 500 Å². The number of Topliss-reactive ketones (excluding diaryl/α,β-unsaturated/α-hetero) is 4. The van der Waals surface area contributed by atoms with Gasteiger partial charge in [0.1, 0.15) is 12.7 Å². The van der Waals surface area contributed by atoms with Crippen molar-refractivity contribution in [2.75, 3.05) is 6.61 Å². The van der Waals surface area contributed by atoms with E-state index in [1.54, 1.807) is 199 Å². The molecule has 0 amide bonds. The third kappa shape index (κ3) is 18.4. The van der Waals surface area contributed by atoms with Gasteiger partial charge in [0.25, 0.3) is 0 Å². The van der Waals surface area contributed by atoms with Crippen LogP contribution in [-0.2, 0) is 57.3 Å². The lowest BCUT2D eigenvalue weighted by Gasteiger charge is -2.31. The minimum absolute atomic E-state index is 0.387. The van der Waals surface area contributed by atoms with Gasteiger partial charge >= 0.3 is 23.9 Å². The molecule has 0 bridgehead atoms. The van der Waals surface area contributed by atoms with Crippen LogP contribution in [0.15, 0.2) is 115 Å². The van der Waals surface area contributed by atoms with Crippen LogP contribution in [0, 0.1) is 77.0 Å². The molecule has 0 saturated carbocycles. The van der Waals surface area contributed by atoms with Gasteiger partial charge in [0.2, 0.25) is 0 Å². The van der Waals surface area contributed by atoms with Gasteiger partial charge in [-0.25, -0.2) is 39.1 Å². The van der Waals surface area contributed by atoms with Gasteiger partial charge in [0, 0.05) is 45.1 Å². The number of carbonyl (C=O) groups excluding carboxylic acids is 8. The highest BCUT2D eigenvalue weighted by atomic mass is 16.6. The Bertz CT molecular complexity index is 3530. The van der Waals surface area contributed by atoms with E-state index in [9.17, 15) is 28.8 Å². The molecule has 0 fully saturated rings. The fourth-order valence-electron chi connectivity index (χ4n) is 8.21. The zero-order valence-electron chi connectivity index (χ0n) is 53.1. The minimum atomic E-state index is -2.13. The Balaban J connectivity index is 2.15. The first-order chi connectivity index (χ1) is 39.3. The molecule has 16 heteroatoms. The number of ketones is 4. The predicted molar refractivity (Wildman–Crippen MR) is 330 cm³/mol. The second-order valence-corrected chi connectivity index (χ2v) is 25.2. The van der Waals surface area contributed by atoms with Crippen LogP contribution in [-0.4, -0.2) is 95.4 Å². The predicted octanol–water partition coefficient (Wildman–Crippen LogP) is 12.9. The summed E-state index contributed by atoms with van der Waals surface area (Å²) in [7, 11) is 0. The van der Waals surface area contributed by atoms with E-state index in [-0.39, 0.29) is 0 Å². The monoisotopic (exact) mass is 1160 g/mol. The van der Waals surface area contributed by atoms with E-state index < -0.39 is 116 Å². The number of hydrogen-bond donors (Lipinski definition) is 0. The summed E-state index contributed by atoms with van der Waals surface area (Å²) < 4.78 is 24.3. The Morgan fingerprint density at radius 2 is 0.588 bits per heavy atom. The number of carbonyl (C=O) groups is 8. The molecule has 85 heavy (non-hydrogen) atoms. The van der Waals surface area contributed by atoms with Crippen molar-refractivity contribution in [1.82, 2.24) is 0 Å². The molecule has 0 aliphatic carbocycles. The molecule has 16 nitrogen and oxygen atoms in total. The van der Waals surface area contributed by atoms with Crippen molar-refractivity contribution in [1.29, 1.82) is 0 Å². The molecule has 4 rings (SSSR count). The summed E-state index contributed by atoms with van der Waals surface area (Å²) in [6.45, 7) is 33.0. The highest BCUT2D eigenvalue weighted by Gasteiger charge is 2.43. The molecule has 0 spiro atoms. The Kier molecular flexibility index (Phi) is 22.8. The molecule has 3 atom stereocenters. The molecule has 3 unspecified atom stereocenters. The van der Waals surface area contributed by atoms with Crippen molar-refractivity contribution in [3.8, 4) is 0 Å². The first kappa shape index (κ1) is 68.7. The van der Waals surface area contributed by atoms with Crippen LogP contribution in [0.3, 0.4) is 0 Å². The molecule has 4 aromatic carbocycles. The molecular formula is C69H80N4O12. The summed E-state index contributed by atoms with van der Waals surface area (Å²) >= 11 is 0. The second-order valence-electron chi connectivity index (χ2n) is 25.2. The number of para-hydroxylation sites is 4. The van der Waals surface area contributed by atoms with Crippen molar-refractivity contribution >= 4 is 93.2 Å². The van der Waals surface area contributed by atoms with E-state index >= 15 is 9.59 Å². The van der Waals surface area contributed by atoms with E-state index in [2.05, 4.69) is 43.4 Å². The van der Waals surface area contributed by atoms with E-state index in [0.29, 0.717) is 67.3 Å². The highest BCUT2D eigenvalue weighted by molar-refractivity contribution is 6.27. The number of benzene rings is 4. The van der Waals surface area contributed by atoms with Gasteiger partial charge < -0.3 is 18.9 Å². The number of ether oxygens (including phenoxy) is 4. The zero-order valence-corrected chi connectivity index (χ0v) is 53.1. The number of hydrogen-bond acceptors (Lipinski definition) is 16. The standard InChI is InChI=1S/C69H80N4O12/c1-39-26-22-27-40(2)53(39)70-34-48(58(74)66(10,11)12)62(78)82-38-52(84-64(80)50(60(76)68(16,17)18)36-72-55-43(5)30-24-31-44(55)6)57(85-65(81)51(61(77)69(19,20)21)37-73-56-45(7)32-25-33-46(56)8)47(9)83-63(79)49(59(75)67(13,14)15)35-71-54-41(3)28-23-29-42(54)4/h22-33,47,52,57H,38H2,1-21H3. The zero-order chi connectivity index (χ0) is 64.3. The van der Waals surface area contributed by atoms with Crippen LogP contribution in [0.5, 0.6) is 0 Å². The third-order valence-corrected chi connectivity index (χ3v) is 13.3. The molecule has 0 radical (unpaired) electrons. The normalized spacial score (nSPS) is 12.4.